The largest absolute Gasteiger partial charge is 0.493 e. The molecule has 4 aliphatic rings. The zero-order valence-corrected chi connectivity index (χ0v) is 29.6. The quantitative estimate of drug-likeness (QED) is 0.202. The zero-order valence-electron chi connectivity index (χ0n) is 29.6. The number of cyclic esters (lactones) is 1. The van der Waals surface area contributed by atoms with Crippen molar-refractivity contribution in [1.29, 1.82) is 0 Å². The molecule has 7 rings (SSSR count). The molecule has 4 heterocycles. The van der Waals surface area contributed by atoms with Gasteiger partial charge in [0.1, 0.15) is 23.8 Å². The topological polar surface area (TPSA) is 132 Å². The van der Waals surface area contributed by atoms with Crippen molar-refractivity contribution in [3.05, 3.63) is 75.8 Å². The molecule has 4 aliphatic heterocycles. The van der Waals surface area contributed by atoms with E-state index >= 15 is 0 Å². The number of carbonyl (C=O) groups excluding carboxylic acids is 3. The van der Waals surface area contributed by atoms with Gasteiger partial charge in [0.15, 0.2) is 29.1 Å². The first-order valence-electron chi connectivity index (χ1n) is 16.9. The molecule has 0 N–H and O–H groups in total. The van der Waals surface area contributed by atoms with Crippen LogP contribution in [0.15, 0.2) is 42.5 Å². The van der Waals surface area contributed by atoms with E-state index in [1.807, 2.05) is 30.3 Å². The van der Waals surface area contributed by atoms with Crippen LogP contribution in [0, 0.1) is 5.92 Å². The van der Waals surface area contributed by atoms with Crippen LogP contribution in [0.1, 0.15) is 71.1 Å². The summed E-state index contributed by atoms with van der Waals surface area (Å²) in [6, 6.07) is 12.2. The number of esters is 1. The summed E-state index contributed by atoms with van der Waals surface area (Å²) in [5.41, 5.74) is 3.37. The highest BCUT2D eigenvalue weighted by molar-refractivity contribution is 5.98. The molecule has 0 unspecified atom stereocenters. The van der Waals surface area contributed by atoms with E-state index in [1.165, 1.54) is 21.3 Å². The molecule has 0 aliphatic carbocycles. The molecule has 0 bridgehead atoms. The van der Waals surface area contributed by atoms with Gasteiger partial charge in [0.25, 0.3) is 0 Å². The fourth-order valence-corrected chi connectivity index (χ4v) is 7.42. The molecule has 51 heavy (non-hydrogen) atoms. The third kappa shape index (κ3) is 6.19. The molecule has 0 saturated carbocycles. The van der Waals surface area contributed by atoms with Crippen molar-refractivity contribution >= 4 is 18.2 Å². The molecule has 13 nitrogen and oxygen atoms in total. The molecule has 270 valence electrons. The van der Waals surface area contributed by atoms with Gasteiger partial charge in [-0.05, 0) is 56.7 Å². The molecule has 2 amide bonds. The molecule has 3 aromatic rings. The summed E-state index contributed by atoms with van der Waals surface area (Å²) >= 11 is 0. The van der Waals surface area contributed by atoms with E-state index in [2.05, 4.69) is 0 Å². The van der Waals surface area contributed by atoms with Gasteiger partial charge in [-0.15, -0.1) is 0 Å². The minimum absolute atomic E-state index is 0.0110. The Morgan fingerprint density at radius 3 is 2.31 bits per heavy atom. The van der Waals surface area contributed by atoms with Crippen molar-refractivity contribution in [2.75, 3.05) is 47.8 Å². The summed E-state index contributed by atoms with van der Waals surface area (Å²) < 4.78 is 46.8. The van der Waals surface area contributed by atoms with E-state index in [1.54, 1.807) is 42.7 Å². The fourth-order valence-electron chi connectivity index (χ4n) is 7.42. The first-order valence-corrected chi connectivity index (χ1v) is 16.9. The Hall–Kier alpha value is -5.33. The van der Waals surface area contributed by atoms with Crippen LogP contribution in [0.5, 0.6) is 28.7 Å². The summed E-state index contributed by atoms with van der Waals surface area (Å²) in [6.07, 6.45) is -0.847. The Morgan fingerprint density at radius 2 is 1.63 bits per heavy atom. The summed E-state index contributed by atoms with van der Waals surface area (Å²) in [4.78, 5) is 43.7. The Morgan fingerprint density at radius 1 is 0.902 bits per heavy atom. The van der Waals surface area contributed by atoms with Crippen molar-refractivity contribution in [2.45, 2.75) is 58.0 Å². The van der Waals surface area contributed by atoms with Gasteiger partial charge in [0.2, 0.25) is 12.5 Å². The van der Waals surface area contributed by atoms with Gasteiger partial charge in [0, 0.05) is 36.3 Å². The van der Waals surface area contributed by atoms with Crippen LogP contribution in [0.3, 0.4) is 0 Å². The number of methoxy groups -OCH3 is 3. The van der Waals surface area contributed by atoms with Crippen LogP contribution in [0.4, 0.5) is 9.59 Å². The predicted molar refractivity (Wildman–Crippen MR) is 182 cm³/mol. The lowest BCUT2D eigenvalue weighted by Crippen LogP contribution is -2.51. The third-order valence-corrected chi connectivity index (χ3v) is 9.62. The molecule has 3 aromatic carbocycles. The molecular formula is C38H42N2O11. The number of rotatable bonds is 8. The monoisotopic (exact) mass is 702 g/mol. The van der Waals surface area contributed by atoms with Crippen LogP contribution >= 0.6 is 0 Å². The molecule has 13 heteroatoms. The average molecular weight is 703 g/mol. The number of hydrogen-bond acceptors (Lipinski definition) is 11. The third-order valence-electron chi connectivity index (χ3n) is 9.62. The van der Waals surface area contributed by atoms with Gasteiger partial charge in [-0.1, -0.05) is 36.4 Å². The van der Waals surface area contributed by atoms with Crippen molar-refractivity contribution in [2.24, 2.45) is 5.92 Å². The summed E-state index contributed by atoms with van der Waals surface area (Å²) in [7, 11) is 4.49. The van der Waals surface area contributed by atoms with Gasteiger partial charge in [-0.25, -0.2) is 14.4 Å². The number of fused-ring (bicyclic) bond motifs is 3. The molecule has 1 fully saturated rings. The van der Waals surface area contributed by atoms with Gasteiger partial charge in [-0.2, -0.15) is 0 Å². The van der Waals surface area contributed by atoms with E-state index < -0.39 is 29.8 Å². The lowest BCUT2D eigenvalue weighted by atomic mass is 9.80. The molecule has 2 atom stereocenters. The molecular weight excluding hydrogens is 660 g/mol. The van der Waals surface area contributed by atoms with Crippen molar-refractivity contribution < 1.29 is 52.3 Å². The summed E-state index contributed by atoms with van der Waals surface area (Å²) in [6.45, 7) is 6.88. The van der Waals surface area contributed by atoms with E-state index in [-0.39, 0.29) is 43.3 Å². The molecule has 0 aromatic heterocycles. The second-order valence-electron chi connectivity index (χ2n) is 13.9. The Labute approximate surface area is 296 Å². The highest BCUT2D eigenvalue weighted by atomic mass is 16.7. The number of likely N-dealkylation sites (tertiary alicyclic amines) is 1. The average Bonchev–Trinajstić information content (AvgIpc) is 3.71. The Bertz CT molecular complexity index is 1850. The second kappa shape index (κ2) is 13.4. The number of hydrogen-bond donors (Lipinski definition) is 0. The number of nitrogens with zero attached hydrogens (tertiary/aromatic N) is 2. The first kappa shape index (κ1) is 34.1. The van der Waals surface area contributed by atoms with Gasteiger partial charge in [-0.3, -0.25) is 4.90 Å². The zero-order chi connectivity index (χ0) is 36.0. The number of ether oxygens (including phenoxy) is 8. The normalized spacial score (nSPS) is 19.1. The van der Waals surface area contributed by atoms with Crippen molar-refractivity contribution in [3.63, 3.8) is 0 Å². The lowest BCUT2D eigenvalue weighted by molar-refractivity contribution is -0.0196. The number of carbonyl (C=O) groups is 3. The standard InChI is InChI=1S/C38H42N2O11/c1-38(2,3)51-37(43)40-15-14-23-25(16-22-17-39(18-22)36(42)47-19-21-10-8-7-9-11-21)31-34(49-20-48-31)33(46-6)27(23)29(40)30-24-12-13-26(44-4)32(45-5)28(24)35(41)50-30/h7-13,22,29-30H,14-20H2,1-6H3/t29-,30+/m1/s1. The predicted octanol–water partition coefficient (Wildman–Crippen LogP) is 6.00. The number of benzene rings is 3. The van der Waals surface area contributed by atoms with Crippen LogP contribution in [-0.4, -0.2) is 81.3 Å². The van der Waals surface area contributed by atoms with E-state index in [0.717, 1.165) is 16.7 Å². The van der Waals surface area contributed by atoms with E-state index in [9.17, 15) is 14.4 Å². The first-order chi connectivity index (χ1) is 24.5. The SMILES string of the molecule is COc1ccc2c(c1OC)C(=O)O[C@@H]2[C@H]1c2c(c(CC3CN(C(=O)OCc4ccccc4)C3)c3c(c2OC)OCO3)CCN1C(=O)OC(C)(C)C. The second-order valence-corrected chi connectivity index (χ2v) is 13.9. The summed E-state index contributed by atoms with van der Waals surface area (Å²) in [5, 5.41) is 0. The van der Waals surface area contributed by atoms with Gasteiger partial charge < -0.3 is 42.8 Å². The Kier molecular flexibility index (Phi) is 8.98. The van der Waals surface area contributed by atoms with Crippen LogP contribution in [0.2, 0.25) is 0 Å². The van der Waals surface area contributed by atoms with Gasteiger partial charge in [0.05, 0.1) is 21.3 Å². The highest BCUT2D eigenvalue weighted by Gasteiger charge is 2.50. The maximum absolute atomic E-state index is 14.0. The molecule has 0 spiro atoms. The minimum atomic E-state index is -0.945. The summed E-state index contributed by atoms with van der Waals surface area (Å²) in [5.74, 6) is 1.53. The van der Waals surface area contributed by atoms with Crippen molar-refractivity contribution in [1.82, 2.24) is 9.80 Å². The highest BCUT2D eigenvalue weighted by Crippen LogP contribution is 2.57. The van der Waals surface area contributed by atoms with Crippen molar-refractivity contribution in [3.8, 4) is 28.7 Å². The smallest absolute Gasteiger partial charge is 0.410 e. The minimum Gasteiger partial charge on any atom is -0.493 e. The number of amides is 2. The van der Waals surface area contributed by atoms with Crippen LogP contribution in [0.25, 0.3) is 0 Å². The molecule has 1 saturated heterocycles. The maximum Gasteiger partial charge on any atom is 0.410 e. The Balaban J connectivity index is 1.26. The lowest BCUT2D eigenvalue weighted by Gasteiger charge is -2.42. The van der Waals surface area contributed by atoms with Crippen LogP contribution < -0.4 is 23.7 Å². The molecule has 0 radical (unpaired) electrons. The van der Waals surface area contributed by atoms with E-state index in [4.69, 9.17) is 37.9 Å². The van der Waals surface area contributed by atoms with Gasteiger partial charge >= 0.3 is 18.2 Å². The fraction of sp³-hybridized carbons (Fsp3) is 0.447. The van der Waals surface area contributed by atoms with Crippen LogP contribution in [-0.2, 0) is 33.7 Å². The van der Waals surface area contributed by atoms with E-state index in [0.29, 0.717) is 60.1 Å². The maximum atomic E-state index is 14.0.